The molecule has 0 aliphatic rings. The van der Waals surface area contributed by atoms with E-state index in [4.69, 9.17) is 24.1 Å². The van der Waals surface area contributed by atoms with Crippen LogP contribution in [-0.2, 0) is 9.09 Å². The van der Waals surface area contributed by atoms with Gasteiger partial charge < -0.3 is 14.3 Å². The van der Waals surface area contributed by atoms with E-state index < -0.39 is 16.9 Å². The van der Waals surface area contributed by atoms with E-state index in [0.29, 0.717) is 0 Å². The Labute approximate surface area is 66.4 Å². The summed E-state index contributed by atoms with van der Waals surface area (Å²) in [5.74, 6) is 0. The monoisotopic (exact) mass is 205 g/mol. The molecule has 0 atom stereocenters. The summed E-state index contributed by atoms with van der Waals surface area (Å²) in [7, 11) is -5.01. The van der Waals surface area contributed by atoms with Gasteiger partial charge in [0.25, 0.3) is 0 Å². The highest BCUT2D eigenvalue weighted by Crippen LogP contribution is 2.25. The van der Waals surface area contributed by atoms with Crippen LogP contribution < -0.4 is 0 Å². The van der Waals surface area contributed by atoms with Gasteiger partial charge in [-0.2, -0.15) is 0 Å². The summed E-state index contributed by atoms with van der Waals surface area (Å²) in [4.78, 5) is 30.5. The number of hydrogen-bond donors (Lipinski definition) is 4. The molecule has 0 aliphatic carbocycles. The van der Waals surface area contributed by atoms with Crippen molar-refractivity contribution < 1.29 is 28.7 Å². The molecule has 0 spiro atoms. The summed E-state index contributed by atoms with van der Waals surface area (Å²) >= 11 is 0. The molecule has 0 saturated carbocycles. The molecule has 0 saturated heterocycles. The SMILES string of the molecule is CC(C)OP(O)O.O=[P+](O)O. The topological polar surface area (TPSA) is 107 Å². The van der Waals surface area contributed by atoms with Crippen LogP contribution in [0.4, 0.5) is 0 Å². The minimum Gasteiger partial charge on any atom is -0.328 e. The Morgan fingerprint density at radius 3 is 1.64 bits per heavy atom. The van der Waals surface area contributed by atoms with Crippen LogP contribution in [0.2, 0.25) is 0 Å². The van der Waals surface area contributed by atoms with Gasteiger partial charge in [0, 0.05) is 4.57 Å². The van der Waals surface area contributed by atoms with Gasteiger partial charge in [-0.25, -0.2) is 0 Å². The third-order valence-electron chi connectivity index (χ3n) is 0.305. The second-order valence-electron chi connectivity index (χ2n) is 1.66. The van der Waals surface area contributed by atoms with Gasteiger partial charge in [-0.3, -0.25) is 0 Å². The molecule has 6 nitrogen and oxygen atoms in total. The zero-order chi connectivity index (χ0) is 9.44. The molecule has 0 fully saturated rings. The molecule has 0 amide bonds. The predicted octanol–water partition coefficient (Wildman–Crippen LogP) is 0.251. The molecule has 68 valence electrons. The lowest BCUT2D eigenvalue weighted by atomic mass is 10.5. The van der Waals surface area contributed by atoms with Gasteiger partial charge in [0.15, 0.2) is 0 Å². The van der Waals surface area contributed by atoms with Crippen molar-refractivity contribution in [1.29, 1.82) is 0 Å². The summed E-state index contributed by atoms with van der Waals surface area (Å²) in [6.07, 6.45) is -0.0962. The third-order valence-corrected chi connectivity index (χ3v) is 0.915. The Hall–Kier alpha value is 0.330. The third kappa shape index (κ3) is 38.2. The van der Waals surface area contributed by atoms with Crippen LogP contribution in [0.5, 0.6) is 0 Å². The van der Waals surface area contributed by atoms with Crippen molar-refractivity contribution in [2.24, 2.45) is 0 Å². The lowest BCUT2D eigenvalue weighted by Gasteiger charge is -2.04. The van der Waals surface area contributed by atoms with E-state index in [0.717, 1.165) is 0 Å². The molecule has 0 aromatic rings. The maximum Gasteiger partial charge on any atom is 0.692 e. The first-order valence-corrected chi connectivity index (χ1v) is 4.89. The fourth-order valence-electron chi connectivity index (χ4n) is 0.189. The van der Waals surface area contributed by atoms with Crippen LogP contribution >= 0.6 is 16.9 Å². The van der Waals surface area contributed by atoms with Gasteiger partial charge >= 0.3 is 16.9 Å². The van der Waals surface area contributed by atoms with Crippen LogP contribution in [0.1, 0.15) is 13.8 Å². The van der Waals surface area contributed by atoms with Crippen LogP contribution in [0.25, 0.3) is 0 Å². The quantitative estimate of drug-likeness (QED) is 0.481. The molecular weight excluding hydrogens is 194 g/mol. The van der Waals surface area contributed by atoms with Crippen molar-refractivity contribution >= 4 is 16.9 Å². The fourth-order valence-corrected chi connectivity index (χ4v) is 0.566. The molecule has 0 aromatic carbocycles. The summed E-state index contributed by atoms with van der Waals surface area (Å²) in [6.45, 7) is 3.48. The van der Waals surface area contributed by atoms with Crippen molar-refractivity contribution in [3.8, 4) is 0 Å². The largest absolute Gasteiger partial charge is 0.692 e. The molecule has 0 bridgehead atoms. The molecule has 0 rings (SSSR count). The Morgan fingerprint density at radius 1 is 1.36 bits per heavy atom. The molecule has 0 unspecified atom stereocenters. The van der Waals surface area contributed by atoms with Crippen LogP contribution in [0.15, 0.2) is 0 Å². The summed E-state index contributed by atoms with van der Waals surface area (Å²) in [5, 5.41) is 0. The second-order valence-corrected chi connectivity index (χ2v) is 2.88. The maximum absolute atomic E-state index is 8.70. The van der Waals surface area contributed by atoms with Crippen molar-refractivity contribution in [2.75, 3.05) is 0 Å². The highest BCUT2D eigenvalue weighted by molar-refractivity contribution is 7.39. The molecule has 0 heterocycles. The standard InChI is InChI=1S/C3H9O3P.HO3P/c1-3(2)6-7(4)5;1-4(2)3/h3-5H,1-2H3;(H-,1,2,3)/p+1. The highest BCUT2D eigenvalue weighted by atomic mass is 31.2. The van der Waals surface area contributed by atoms with Crippen LogP contribution in [0.3, 0.4) is 0 Å². The predicted molar refractivity (Wildman–Crippen MR) is 39.6 cm³/mol. The van der Waals surface area contributed by atoms with Gasteiger partial charge in [0.1, 0.15) is 0 Å². The van der Waals surface area contributed by atoms with E-state index in [1.165, 1.54) is 0 Å². The summed E-state index contributed by atoms with van der Waals surface area (Å²) in [5.41, 5.74) is 0. The molecular formula is C3H11O6P2+. The van der Waals surface area contributed by atoms with E-state index >= 15 is 0 Å². The average molecular weight is 205 g/mol. The smallest absolute Gasteiger partial charge is 0.328 e. The van der Waals surface area contributed by atoms with Crippen molar-refractivity contribution in [3.63, 3.8) is 0 Å². The lowest BCUT2D eigenvalue weighted by Crippen LogP contribution is -1.95. The van der Waals surface area contributed by atoms with E-state index in [1.54, 1.807) is 13.8 Å². The van der Waals surface area contributed by atoms with Gasteiger partial charge in [0.2, 0.25) is 0 Å². The number of hydrogen-bond acceptors (Lipinski definition) is 4. The molecule has 0 aliphatic heterocycles. The molecule has 0 aromatic heterocycles. The summed E-state index contributed by atoms with van der Waals surface area (Å²) in [6, 6.07) is 0. The Balaban J connectivity index is 0. The van der Waals surface area contributed by atoms with Crippen LogP contribution in [0, 0.1) is 0 Å². The molecule has 11 heavy (non-hydrogen) atoms. The summed E-state index contributed by atoms with van der Waals surface area (Å²) < 4.78 is 13.1. The van der Waals surface area contributed by atoms with E-state index in [2.05, 4.69) is 4.52 Å². The van der Waals surface area contributed by atoms with Crippen molar-refractivity contribution in [2.45, 2.75) is 20.0 Å². The minimum absolute atomic E-state index is 0.0962. The first kappa shape index (κ1) is 13.9. The first-order valence-electron chi connectivity index (χ1n) is 2.56. The molecule has 4 N–H and O–H groups in total. The Bertz CT molecular complexity index is 94.0. The lowest BCUT2D eigenvalue weighted by molar-refractivity contribution is 0.201. The molecule has 8 heteroatoms. The average Bonchev–Trinajstić information content (AvgIpc) is 1.56. The van der Waals surface area contributed by atoms with Gasteiger partial charge in [-0.15, -0.1) is 9.79 Å². The van der Waals surface area contributed by atoms with Crippen molar-refractivity contribution in [3.05, 3.63) is 0 Å². The normalized spacial score (nSPS) is 9.45. The highest BCUT2D eigenvalue weighted by Gasteiger charge is 2.00. The maximum atomic E-state index is 8.70. The van der Waals surface area contributed by atoms with E-state index in [9.17, 15) is 0 Å². The minimum atomic E-state index is -2.87. The Kier molecular flexibility index (Phi) is 10.6. The number of rotatable bonds is 2. The fraction of sp³-hybridized carbons (Fsp3) is 1.00. The van der Waals surface area contributed by atoms with E-state index in [1.807, 2.05) is 0 Å². The van der Waals surface area contributed by atoms with Crippen LogP contribution in [-0.4, -0.2) is 25.7 Å². The zero-order valence-electron chi connectivity index (χ0n) is 6.08. The zero-order valence-corrected chi connectivity index (χ0v) is 7.87. The van der Waals surface area contributed by atoms with E-state index in [-0.39, 0.29) is 6.10 Å². The van der Waals surface area contributed by atoms with Crippen molar-refractivity contribution in [1.82, 2.24) is 0 Å². The second kappa shape index (κ2) is 8.43. The van der Waals surface area contributed by atoms with Gasteiger partial charge in [-0.05, 0) is 13.8 Å². The van der Waals surface area contributed by atoms with Gasteiger partial charge in [-0.1, -0.05) is 0 Å². The Morgan fingerprint density at radius 2 is 1.64 bits per heavy atom. The molecule has 0 radical (unpaired) electrons. The van der Waals surface area contributed by atoms with Gasteiger partial charge in [0.05, 0.1) is 6.10 Å². The first-order chi connectivity index (χ1) is 4.86.